The summed E-state index contributed by atoms with van der Waals surface area (Å²) >= 11 is 0. The molecule has 0 spiro atoms. The number of halogens is 3. The van der Waals surface area contributed by atoms with Crippen LogP contribution in [0.4, 0.5) is 18.9 Å². The number of benzene rings is 2. The highest BCUT2D eigenvalue weighted by Crippen LogP contribution is 2.30. The maximum absolute atomic E-state index is 12.9. The summed E-state index contributed by atoms with van der Waals surface area (Å²) in [6, 6.07) is 12.4. The van der Waals surface area contributed by atoms with Gasteiger partial charge in [-0.1, -0.05) is 6.07 Å². The maximum Gasteiger partial charge on any atom is 0.416 e. The van der Waals surface area contributed by atoms with Crippen LogP contribution >= 0.6 is 0 Å². The van der Waals surface area contributed by atoms with Crippen molar-refractivity contribution in [1.82, 2.24) is 15.1 Å². The Bertz CT molecular complexity index is 1340. The molecular formula is C32H38F3N5O4. The van der Waals surface area contributed by atoms with Gasteiger partial charge in [0.05, 0.1) is 25.3 Å². The van der Waals surface area contributed by atoms with E-state index in [-0.39, 0.29) is 23.9 Å². The van der Waals surface area contributed by atoms with E-state index in [2.05, 4.69) is 20.1 Å². The topological polar surface area (TPSA) is 94.6 Å². The lowest BCUT2D eigenvalue weighted by Gasteiger charge is -2.28. The van der Waals surface area contributed by atoms with Crippen LogP contribution in [0.3, 0.4) is 0 Å². The summed E-state index contributed by atoms with van der Waals surface area (Å²) in [4.78, 5) is 47.9. The van der Waals surface area contributed by atoms with Crippen LogP contribution in [0.5, 0.6) is 0 Å². The number of nitrogens with one attached hydrogen (secondary N) is 1. The molecule has 3 saturated heterocycles. The van der Waals surface area contributed by atoms with Crippen molar-refractivity contribution in [1.29, 1.82) is 0 Å². The number of carbonyl (C=O) groups excluding carboxylic acids is 3. The van der Waals surface area contributed by atoms with Gasteiger partial charge in [-0.15, -0.1) is 0 Å². The molecule has 3 aliphatic heterocycles. The van der Waals surface area contributed by atoms with E-state index in [0.29, 0.717) is 37.9 Å². The Morgan fingerprint density at radius 2 is 1.70 bits per heavy atom. The zero-order chi connectivity index (χ0) is 31.1. The molecule has 2 aromatic rings. The number of nitrogens with zero attached hydrogens (tertiary/aromatic N) is 4. The van der Waals surface area contributed by atoms with E-state index in [9.17, 15) is 27.6 Å². The van der Waals surface area contributed by atoms with Crippen LogP contribution in [0.2, 0.25) is 0 Å². The molecule has 5 rings (SSSR count). The van der Waals surface area contributed by atoms with Crippen LogP contribution < -0.4 is 10.2 Å². The number of carbonyl (C=O) groups is 3. The molecule has 3 fully saturated rings. The van der Waals surface area contributed by atoms with Crippen LogP contribution in [0, 0.1) is 5.92 Å². The predicted octanol–water partition coefficient (Wildman–Crippen LogP) is 3.89. The summed E-state index contributed by atoms with van der Waals surface area (Å²) in [5.41, 5.74) is 0.730. The van der Waals surface area contributed by atoms with E-state index in [1.165, 1.54) is 6.07 Å². The third-order valence-corrected chi connectivity index (χ3v) is 8.53. The Labute approximate surface area is 255 Å². The minimum absolute atomic E-state index is 0.0458. The lowest BCUT2D eigenvalue weighted by molar-refractivity contribution is -0.137. The third-order valence-electron chi connectivity index (χ3n) is 8.53. The maximum atomic E-state index is 12.9. The smallest absolute Gasteiger partial charge is 0.378 e. The fourth-order valence-electron chi connectivity index (χ4n) is 6.06. The summed E-state index contributed by atoms with van der Waals surface area (Å²) in [7, 11) is 0. The van der Waals surface area contributed by atoms with Crippen molar-refractivity contribution < 1.29 is 32.3 Å². The summed E-state index contributed by atoms with van der Waals surface area (Å²) in [6.45, 7) is 5.61. The van der Waals surface area contributed by atoms with Crippen LogP contribution in [0.25, 0.3) is 0 Å². The van der Waals surface area contributed by atoms with Crippen molar-refractivity contribution in [3.8, 4) is 0 Å². The van der Waals surface area contributed by atoms with Crippen molar-refractivity contribution in [2.75, 3.05) is 63.9 Å². The van der Waals surface area contributed by atoms with Crippen LogP contribution in [-0.4, -0.2) is 98.8 Å². The minimum atomic E-state index is -4.56. The third kappa shape index (κ3) is 8.23. The number of hydrogen-bond donors (Lipinski definition) is 1. The monoisotopic (exact) mass is 613 g/mol. The van der Waals surface area contributed by atoms with Gasteiger partial charge in [0.25, 0.3) is 17.7 Å². The van der Waals surface area contributed by atoms with Crippen molar-refractivity contribution in [2.24, 2.45) is 10.9 Å². The SMILES string of the molecule is O=C(CNC(=O)c1cccc(C(F)(F)F)c1)N=CC1CCN([C@H]2CCCN(c3ccc(C(=O)N4CCOCC4)cc3)CC2)C1. The molecule has 3 aliphatic rings. The molecule has 0 saturated carbocycles. The Balaban J connectivity index is 1.05. The molecule has 0 aliphatic carbocycles. The molecule has 3 heterocycles. The van der Waals surface area contributed by atoms with E-state index in [0.717, 1.165) is 75.7 Å². The lowest BCUT2D eigenvalue weighted by atomic mass is 10.1. The summed E-state index contributed by atoms with van der Waals surface area (Å²) in [5.74, 6) is -1.14. The van der Waals surface area contributed by atoms with Gasteiger partial charge in [0.2, 0.25) is 0 Å². The number of amides is 3. The molecule has 1 unspecified atom stereocenters. The first-order valence-corrected chi connectivity index (χ1v) is 15.2. The molecule has 0 radical (unpaired) electrons. The number of hydrogen-bond acceptors (Lipinski definition) is 6. The highest BCUT2D eigenvalue weighted by atomic mass is 19.4. The first-order valence-electron chi connectivity index (χ1n) is 15.2. The number of alkyl halides is 3. The first kappa shape index (κ1) is 31.6. The first-order chi connectivity index (χ1) is 21.2. The second kappa shape index (κ2) is 14.3. The number of aliphatic imine (C=N–C) groups is 1. The summed E-state index contributed by atoms with van der Waals surface area (Å²) in [6.07, 6.45) is 1.11. The quantitative estimate of drug-likeness (QED) is 0.477. The Morgan fingerprint density at radius 1 is 0.932 bits per heavy atom. The average molecular weight is 614 g/mol. The largest absolute Gasteiger partial charge is 0.416 e. The summed E-state index contributed by atoms with van der Waals surface area (Å²) < 4.78 is 44.1. The average Bonchev–Trinajstić information content (AvgIpc) is 3.38. The second-order valence-electron chi connectivity index (χ2n) is 11.5. The zero-order valence-corrected chi connectivity index (χ0v) is 24.6. The van der Waals surface area contributed by atoms with Gasteiger partial charge in [0.1, 0.15) is 0 Å². The van der Waals surface area contributed by atoms with Gasteiger partial charge in [-0.3, -0.25) is 19.3 Å². The molecule has 236 valence electrons. The van der Waals surface area contributed by atoms with Gasteiger partial charge in [-0.2, -0.15) is 13.2 Å². The Kier molecular flexibility index (Phi) is 10.3. The number of morpholine rings is 1. The van der Waals surface area contributed by atoms with Gasteiger partial charge in [-0.05, 0) is 74.7 Å². The standard InChI is InChI=1S/C32H38F3N5O4/c33-32(34,35)26-4-1-3-25(19-26)30(42)37-21-29(41)36-20-23-10-13-40(22-23)27-5-2-12-38(14-11-27)28-8-6-24(7-9-28)31(43)39-15-17-44-18-16-39/h1,3-4,6-9,19-20,23,27H,2,5,10-18,21-22H2,(H,37,42)/t23?,27-/m0/s1. The lowest BCUT2D eigenvalue weighted by Crippen LogP contribution is -2.40. The molecule has 12 heteroatoms. The van der Waals surface area contributed by atoms with Gasteiger partial charge in [0.15, 0.2) is 0 Å². The van der Waals surface area contributed by atoms with Crippen molar-refractivity contribution in [2.45, 2.75) is 37.9 Å². The number of ether oxygens (including phenoxy) is 1. The van der Waals surface area contributed by atoms with Crippen molar-refractivity contribution >= 4 is 29.6 Å². The second-order valence-corrected chi connectivity index (χ2v) is 11.5. The van der Waals surface area contributed by atoms with E-state index < -0.39 is 23.6 Å². The van der Waals surface area contributed by atoms with E-state index >= 15 is 0 Å². The minimum Gasteiger partial charge on any atom is -0.378 e. The summed E-state index contributed by atoms with van der Waals surface area (Å²) in [5, 5.41) is 2.35. The van der Waals surface area contributed by atoms with E-state index in [4.69, 9.17) is 4.74 Å². The highest BCUT2D eigenvalue weighted by Gasteiger charge is 2.31. The molecule has 2 aromatic carbocycles. The molecular weight excluding hydrogens is 575 g/mol. The predicted molar refractivity (Wildman–Crippen MR) is 160 cm³/mol. The van der Waals surface area contributed by atoms with Crippen LogP contribution in [0.15, 0.2) is 53.5 Å². The fourth-order valence-corrected chi connectivity index (χ4v) is 6.06. The highest BCUT2D eigenvalue weighted by molar-refractivity contribution is 5.97. The normalized spacial score (nSPS) is 21.8. The van der Waals surface area contributed by atoms with Crippen LogP contribution in [-0.2, 0) is 15.7 Å². The molecule has 3 amide bonds. The molecule has 9 nitrogen and oxygen atoms in total. The molecule has 0 aromatic heterocycles. The Morgan fingerprint density at radius 3 is 2.45 bits per heavy atom. The zero-order valence-electron chi connectivity index (χ0n) is 24.6. The van der Waals surface area contributed by atoms with E-state index in [1.54, 1.807) is 6.21 Å². The van der Waals surface area contributed by atoms with Crippen LogP contribution in [0.1, 0.15) is 52.0 Å². The van der Waals surface area contributed by atoms with Gasteiger partial charge in [-0.25, -0.2) is 4.99 Å². The van der Waals surface area contributed by atoms with Gasteiger partial charge in [0, 0.05) is 67.7 Å². The molecule has 44 heavy (non-hydrogen) atoms. The number of anilines is 1. The molecule has 2 atom stereocenters. The van der Waals surface area contributed by atoms with Gasteiger partial charge < -0.3 is 19.9 Å². The van der Waals surface area contributed by atoms with Crippen molar-refractivity contribution in [3.05, 3.63) is 65.2 Å². The van der Waals surface area contributed by atoms with Crippen molar-refractivity contribution in [3.63, 3.8) is 0 Å². The fraction of sp³-hybridized carbons (Fsp3) is 0.500. The number of rotatable bonds is 7. The van der Waals surface area contributed by atoms with Gasteiger partial charge >= 0.3 is 6.18 Å². The number of likely N-dealkylation sites (tertiary alicyclic amines) is 1. The Hall–Kier alpha value is -3.77. The molecule has 0 bridgehead atoms. The van der Waals surface area contributed by atoms with E-state index in [1.807, 2.05) is 29.2 Å². The molecule has 1 N–H and O–H groups in total.